The summed E-state index contributed by atoms with van der Waals surface area (Å²) in [5, 5.41) is 0. The van der Waals surface area contributed by atoms with Gasteiger partial charge < -0.3 is 0 Å². The van der Waals surface area contributed by atoms with Crippen LogP contribution in [0.25, 0.3) is 0 Å². The number of aryl methyl sites for hydroxylation is 2. The number of carbonyl (C=O) groups excluding carboxylic acids is 1. The van der Waals surface area contributed by atoms with Crippen molar-refractivity contribution in [1.82, 2.24) is 0 Å². The second-order valence-corrected chi connectivity index (χ2v) is 11.1. The number of Topliss-reactive ketones (excluding diaryl/α,β-unsaturated/α-hetero) is 1. The van der Waals surface area contributed by atoms with E-state index in [4.69, 9.17) is 0 Å². The summed E-state index contributed by atoms with van der Waals surface area (Å²) in [6.07, 6.45) is 5.04. The summed E-state index contributed by atoms with van der Waals surface area (Å²) in [7, 11) is 0. The molecular weight excluding hydrogens is 436 g/mol. The predicted molar refractivity (Wildman–Crippen MR) is 165 cm³/mol. The quantitative estimate of drug-likeness (QED) is 0.359. The van der Waals surface area contributed by atoms with E-state index in [9.17, 15) is 4.79 Å². The van der Waals surface area contributed by atoms with Crippen LogP contribution in [0.4, 0.5) is 0 Å². The molecule has 2 aromatic carbocycles. The molecule has 0 fully saturated rings. The number of rotatable bonds is 1. The Hall–Kier alpha value is -1.89. The van der Waals surface area contributed by atoms with Gasteiger partial charge in [-0.1, -0.05) is 120 Å². The van der Waals surface area contributed by atoms with E-state index in [0.29, 0.717) is 0 Å². The third kappa shape index (κ3) is 8.60. The first-order valence-corrected chi connectivity index (χ1v) is 13.7. The molecule has 0 amide bonds. The fourth-order valence-electron chi connectivity index (χ4n) is 5.14. The lowest BCUT2D eigenvalue weighted by Gasteiger charge is -2.42. The molecule has 0 saturated heterocycles. The molecular formula is C35H60O. The van der Waals surface area contributed by atoms with Crippen molar-refractivity contribution in [3.05, 3.63) is 69.8 Å². The van der Waals surface area contributed by atoms with Crippen molar-refractivity contribution in [2.45, 2.75) is 140 Å². The molecule has 2 aliphatic rings. The van der Waals surface area contributed by atoms with E-state index in [0.717, 1.165) is 17.4 Å². The molecule has 36 heavy (non-hydrogen) atoms. The summed E-state index contributed by atoms with van der Waals surface area (Å²) in [5.74, 6) is 1.77. The highest BCUT2D eigenvalue weighted by molar-refractivity contribution is 5.94. The average Bonchev–Trinajstić information content (AvgIpc) is 2.82. The fourth-order valence-corrected chi connectivity index (χ4v) is 5.14. The Bertz CT molecular complexity index is 932. The Labute approximate surface area is 226 Å². The molecule has 0 bridgehead atoms. The van der Waals surface area contributed by atoms with Gasteiger partial charge in [-0.15, -0.1) is 0 Å². The van der Waals surface area contributed by atoms with Crippen molar-refractivity contribution < 1.29 is 4.79 Å². The largest absolute Gasteiger partial charge is 0.295 e. The normalized spacial score (nSPS) is 19.9. The van der Waals surface area contributed by atoms with Crippen LogP contribution in [0.5, 0.6) is 0 Å². The van der Waals surface area contributed by atoms with Gasteiger partial charge in [-0.25, -0.2) is 0 Å². The lowest BCUT2D eigenvalue weighted by atomic mass is 9.63. The lowest BCUT2D eigenvalue weighted by Crippen LogP contribution is -2.34. The molecule has 0 spiro atoms. The molecule has 4 rings (SSSR count). The average molecular weight is 497 g/mol. The van der Waals surface area contributed by atoms with Gasteiger partial charge in [0.1, 0.15) is 0 Å². The third-order valence-corrected chi connectivity index (χ3v) is 7.77. The molecule has 2 atom stereocenters. The smallest absolute Gasteiger partial charge is 0.159 e. The van der Waals surface area contributed by atoms with Gasteiger partial charge in [0.2, 0.25) is 0 Å². The Morgan fingerprint density at radius 3 is 1.86 bits per heavy atom. The molecule has 1 nitrogen and oxygen atoms in total. The summed E-state index contributed by atoms with van der Waals surface area (Å²) in [5.41, 5.74) is 8.63. The Balaban J connectivity index is 0. The van der Waals surface area contributed by atoms with Gasteiger partial charge >= 0.3 is 0 Å². The monoisotopic (exact) mass is 496 g/mol. The first kappa shape index (κ1) is 36.3. The molecule has 2 aromatic rings. The summed E-state index contributed by atoms with van der Waals surface area (Å²) in [4.78, 5) is 11.5. The van der Waals surface area contributed by atoms with E-state index in [1.807, 2.05) is 33.8 Å². The lowest BCUT2D eigenvalue weighted by molar-refractivity contribution is 0.101. The maximum Gasteiger partial charge on any atom is 0.159 e. The number of carbonyl (C=O) groups is 1. The molecule has 2 unspecified atom stereocenters. The SMILES string of the molecule is C.C.CC.CC.CC(=O)c1ccc2c(c1)C(C)(C)CCC2(C)C.Cc1ccc2c(c1)CCC(C)C2C. The molecule has 0 aliphatic heterocycles. The van der Waals surface area contributed by atoms with Gasteiger partial charge in [0, 0.05) is 5.56 Å². The first-order chi connectivity index (χ1) is 15.9. The number of hydrogen-bond acceptors (Lipinski definition) is 1. The van der Waals surface area contributed by atoms with Crippen LogP contribution in [0.15, 0.2) is 36.4 Å². The molecule has 0 aromatic heterocycles. The number of benzene rings is 2. The molecule has 0 N–H and O–H groups in total. The maximum atomic E-state index is 11.5. The third-order valence-electron chi connectivity index (χ3n) is 7.77. The molecule has 0 radical (unpaired) electrons. The molecule has 206 valence electrons. The van der Waals surface area contributed by atoms with Crippen LogP contribution in [0.3, 0.4) is 0 Å². The van der Waals surface area contributed by atoms with Crippen LogP contribution >= 0.6 is 0 Å². The van der Waals surface area contributed by atoms with Gasteiger partial charge in [0.25, 0.3) is 0 Å². The van der Waals surface area contributed by atoms with Crippen LogP contribution in [0.1, 0.15) is 154 Å². The minimum Gasteiger partial charge on any atom is -0.295 e. The van der Waals surface area contributed by atoms with Crippen molar-refractivity contribution in [2.75, 3.05) is 0 Å². The van der Waals surface area contributed by atoms with E-state index in [-0.39, 0.29) is 31.5 Å². The molecule has 0 saturated carbocycles. The first-order valence-electron chi connectivity index (χ1n) is 13.7. The Morgan fingerprint density at radius 2 is 1.33 bits per heavy atom. The topological polar surface area (TPSA) is 17.1 Å². The second-order valence-electron chi connectivity index (χ2n) is 11.1. The van der Waals surface area contributed by atoms with Crippen molar-refractivity contribution in [2.24, 2.45) is 5.92 Å². The zero-order valence-corrected chi connectivity index (χ0v) is 24.4. The minimum absolute atomic E-state index is 0. The van der Waals surface area contributed by atoms with Crippen molar-refractivity contribution in [1.29, 1.82) is 0 Å². The van der Waals surface area contributed by atoms with E-state index >= 15 is 0 Å². The highest BCUT2D eigenvalue weighted by Gasteiger charge is 2.37. The standard InChI is InChI=1S/C16H22O.C13H18.2C2H6.2CH4/c1-11(17)12-6-7-13-14(10-12)16(4,5)9-8-15(13,2)3;1-9-4-7-13-11(3)10(2)5-6-12(13)8-9;2*1-2;;/h6-7,10H,8-9H2,1-5H3;4,7-8,10-11H,5-6H2,1-3H3;2*1-2H3;2*1H4. The van der Waals surface area contributed by atoms with E-state index in [1.165, 1.54) is 42.4 Å². The summed E-state index contributed by atoms with van der Waals surface area (Å²) in [6.45, 7) is 25.7. The van der Waals surface area contributed by atoms with E-state index in [2.05, 4.69) is 78.8 Å². The Morgan fingerprint density at radius 1 is 0.806 bits per heavy atom. The summed E-state index contributed by atoms with van der Waals surface area (Å²) >= 11 is 0. The number of fused-ring (bicyclic) bond motifs is 2. The van der Waals surface area contributed by atoms with Crippen LogP contribution in [-0.2, 0) is 17.3 Å². The van der Waals surface area contributed by atoms with Gasteiger partial charge in [0.15, 0.2) is 5.78 Å². The fraction of sp³-hybridized carbons (Fsp3) is 0.629. The Kier molecular flexibility index (Phi) is 15.5. The van der Waals surface area contributed by atoms with Crippen LogP contribution in [-0.4, -0.2) is 5.78 Å². The second kappa shape index (κ2) is 15.4. The summed E-state index contributed by atoms with van der Waals surface area (Å²) < 4.78 is 0. The van der Waals surface area contributed by atoms with Gasteiger partial charge in [-0.3, -0.25) is 4.79 Å². The van der Waals surface area contributed by atoms with E-state index < -0.39 is 0 Å². The molecule has 1 heteroatoms. The van der Waals surface area contributed by atoms with Crippen molar-refractivity contribution in [3.8, 4) is 0 Å². The molecule has 2 aliphatic carbocycles. The van der Waals surface area contributed by atoms with Crippen LogP contribution in [0, 0.1) is 12.8 Å². The predicted octanol–water partition coefficient (Wildman–Crippen LogP) is 11.2. The van der Waals surface area contributed by atoms with Crippen LogP contribution in [0.2, 0.25) is 0 Å². The van der Waals surface area contributed by atoms with E-state index in [1.54, 1.807) is 18.1 Å². The molecule has 0 heterocycles. The highest BCUT2D eigenvalue weighted by atomic mass is 16.1. The number of ketones is 1. The van der Waals surface area contributed by atoms with Gasteiger partial charge in [-0.05, 0) is 90.5 Å². The highest BCUT2D eigenvalue weighted by Crippen LogP contribution is 2.45. The zero-order chi connectivity index (χ0) is 26.3. The van der Waals surface area contributed by atoms with Gasteiger partial charge in [0.05, 0.1) is 0 Å². The number of hydrogen-bond donors (Lipinski definition) is 0. The van der Waals surface area contributed by atoms with Crippen molar-refractivity contribution >= 4 is 5.78 Å². The minimum atomic E-state index is 0. The van der Waals surface area contributed by atoms with Crippen molar-refractivity contribution in [3.63, 3.8) is 0 Å². The van der Waals surface area contributed by atoms with Crippen LogP contribution < -0.4 is 0 Å². The maximum absolute atomic E-state index is 11.5. The summed E-state index contributed by atoms with van der Waals surface area (Å²) in [6, 6.07) is 13.2. The zero-order valence-electron chi connectivity index (χ0n) is 24.4. The van der Waals surface area contributed by atoms with Gasteiger partial charge in [-0.2, -0.15) is 0 Å².